The second-order valence-corrected chi connectivity index (χ2v) is 6.23. The normalized spacial score (nSPS) is 11.1. The van der Waals surface area contributed by atoms with Gasteiger partial charge in [-0.3, -0.25) is 9.78 Å². The average molecular weight is 402 g/mol. The molecule has 30 heavy (non-hydrogen) atoms. The van der Waals surface area contributed by atoms with Crippen molar-refractivity contribution in [1.29, 1.82) is 0 Å². The SMILES string of the molecule is C=C(/C=N\NC)n1ccc(=O)c(COc2ccc3ncc(-n4ccnn4)cc3c2)n1. The lowest BCUT2D eigenvalue weighted by Gasteiger charge is -2.09. The van der Waals surface area contributed by atoms with Gasteiger partial charge in [0, 0.05) is 24.7 Å². The number of fused-ring (bicyclic) bond motifs is 1. The van der Waals surface area contributed by atoms with Crippen molar-refractivity contribution in [3.8, 4) is 11.4 Å². The summed E-state index contributed by atoms with van der Waals surface area (Å²) in [5.74, 6) is 0.590. The number of hydrogen-bond acceptors (Lipinski definition) is 8. The quantitative estimate of drug-likeness (QED) is 0.369. The lowest BCUT2D eigenvalue weighted by molar-refractivity contribution is 0.298. The van der Waals surface area contributed by atoms with Gasteiger partial charge >= 0.3 is 0 Å². The van der Waals surface area contributed by atoms with Crippen molar-refractivity contribution < 1.29 is 4.74 Å². The number of hydrazone groups is 1. The van der Waals surface area contributed by atoms with Crippen LogP contribution in [0.3, 0.4) is 0 Å². The summed E-state index contributed by atoms with van der Waals surface area (Å²) in [5, 5.41) is 16.8. The number of hydrogen-bond donors (Lipinski definition) is 1. The van der Waals surface area contributed by atoms with E-state index in [0.717, 1.165) is 16.6 Å². The fraction of sp³-hybridized carbons (Fsp3) is 0.100. The van der Waals surface area contributed by atoms with Crippen molar-refractivity contribution in [2.45, 2.75) is 6.61 Å². The smallest absolute Gasteiger partial charge is 0.206 e. The highest BCUT2D eigenvalue weighted by atomic mass is 16.5. The Morgan fingerprint density at radius 3 is 3.00 bits per heavy atom. The molecule has 0 unspecified atom stereocenters. The van der Waals surface area contributed by atoms with E-state index in [-0.39, 0.29) is 17.7 Å². The van der Waals surface area contributed by atoms with E-state index in [2.05, 4.69) is 37.5 Å². The van der Waals surface area contributed by atoms with Gasteiger partial charge in [0.25, 0.3) is 0 Å². The molecule has 1 aromatic carbocycles. The second kappa shape index (κ2) is 8.35. The van der Waals surface area contributed by atoms with Crippen LogP contribution in [0.4, 0.5) is 0 Å². The number of nitrogens with zero attached hydrogens (tertiary/aromatic N) is 7. The number of benzene rings is 1. The Labute approximate surface area is 171 Å². The monoisotopic (exact) mass is 402 g/mol. The summed E-state index contributed by atoms with van der Waals surface area (Å²) in [5.41, 5.74) is 4.77. The Hall–Kier alpha value is -4.34. The molecule has 3 heterocycles. The maximum atomic E-state index is 12.2. The molecular formula is C20H18N8O2. The van der Waals surface area contributed by atoms with E-state index in [9.17, 15) is 4.79 Å². The molecule has 0 saturated heterocycles. The molecule has 0 aliphatic rings. The van der Waals surface area contributed by atoms with Crippen LogP contribution in [0.2, 0.25) is 0 Å². The van der Waals surface area contributed by atoms with Gasteiger partial charge in [-0.15, -0.1) is 5.10 Å². The van der Waals surface area contributed by atoms with Gasteiger partial charge < -0.3 is 10.2 Å². The molecule has 0 aliphatic carbocycles. The molecule has 10 heteroatoms. The summed E-state index contributed by atoms with van der Waals surface area (Å²) in [6.45, 7) is 3.88. The molecule has 0 bridgehead atoms. The molecule has 0 radical (unpaired) electrons. The van der Waals surface area contributed by atoms with E-state index in [4.69, 9.17) is 4.74 Å². The number of aromatic nitrogens is 6. The molecule has 1 N–H and O–H groups in total. The fourth-order valence-corrected chi connectivity index (χ4v) is 2.72. The Morgan fingerprint density at radius 2 is 2.20 bits per heavy atom. The molecule has 0 fully saturated rings. The van der Waals surface area contributed by atoms with Crippen molar-refractivity contribution in [3.05, 3.63) is 77.6 Å². The van der Waals surface area contributed by atoms with Gasteiger partial charge in [-0.05, 0) is 24.3 Å². The van der Waals surface area contributed by atoms with Gasteiger partial charge in [0.2, 0.25) is 5.43 Å². The van der Waals surface area contributed by atoms with Crippen LogP contribution in [0.25, 0.3) is 22.3 Å². The van der Waals surface area contributed by atoms with Crippen molar-refractivity contribution in [2.75, 3.05) is 7.05 Å². The van der Waals surface area contributed by atoms with E-state index in [1.54, 1.807) is 36.4 Å². The van der Waals surface area contributed by atoms with Gasteiger partial charge in [0.05, 0.1) is 41.7 Å². The highest BCUT2D eigenvalue weighted by molar-refractivity contribution is 6.00. The van der Waals surface area contributed by atoms with Gasteiger partial charge in [-0.2, -0.15) is 10.2 Å². The third-order valence-corrected chi connectivity index (χ3v) is 4.22. The minimum absolute atomic E-state index is 0.0117. The third kappa shape index (κ3) is 4.07. The van der Waals surface area contributed by atoms with Crippen LogP contribution in [0.15, 0.2) is 71.6 Å². The van der Waals surface area contributed by atoms with Crippen LogP contribution in [0, 0.1) is 0 Å². The molecule has 4 rings (SSSR count). The molecule has 10 nitrogen and oxygen atoms in total. The molecule has 0 saturated carbocycles. The van der Waals surface area contributed by atoms with Crippen LogP contribution in [0.5, 0.6) is 5.75 Å². The highest BCUT2D eigenvalue weighted by Gasteiger charge is 2.07. The lowest BCUT2D eigenvalue weighted by Crippen LogP contribution is -2.18. The number of rotatable bonds is 7. The first-order valence-electron chi connectivity index (χ1n) is 9.01. The zero-order valence-electron chi connectivity index (χ0n) is 16.1. The van der Waals surface area contributed by atoms with Crippen LogP contribution in [-0.2, 0) is 6.61 Å². The summed E-state index contributed by atoms with van der Waals surface area (Å²) in [6, 6.07) is 8.84. The molecule has 0 atom stereocenters. The molecule has 0 spiro atoms. The summed E-state index contributed by atoms with van der Waals surface area (Å²) in [7, 11) is 1.68. The van der Waals surface area contributed by atoms with Gasteiger partial charge in [-0.1, -0.05) is 11.8 Å². The average Bonchev–Trinajstić information content (AvgIpc) is 3.31. The first-order chi connectivity index (χ1) is 14.6. The number of nitrogens with one attached hydrogen (secondary N) is 1. The van der Waals surface area contributed by atoms with Crippen molar-refractivity contribution >= 4 is 22.8 Å². The molecule has 150 valence electrons. The van der Waals surface area contributed by atoms with Crippen LogP contribution >= 0.6 is 0 Å². The Balaban J connectivity index is 1.55. The summed E-state index contributed by atoms with van der Waals surface area (Å²) < 4.78 is 8.91. The van der Waals surface area contributed by atoms with Crippen molar-refractivity contribution in [2.24, 2.45) is 5.10 Å². The first kappa shape index (κ1) is 19.0. The number of ether oxygens (including phenoxy) is 1. The minimum Gasteiger partial charge on any atom is -0.487 e. The Kier molecular flexibility index (Phi) is 5.29. The van der Waals surface area contributed by atoms with Gasteiger partial charge in [-0.25, -0.2) is 9.36 Å². The first-order valence-corrected chi connectivity index (χ1v) is 9.01. The maximum Gasteiger partial charge on any atom is 0.206 e. The molecule has 0 amide bonds. The maximum absolute atomic E-state index is 12.2. The third-order valence-electron chi connectivity index (χ3n) is 4.22. The second-order valence-electron chi connectivity index (χ2n) is 6.23. The van der Waals surface area contributed by atoms with Gasteiger partial charge in [0.1, 0.15) is 18.1 Å². The van der Waals surface area contributed by atoms with E-state index in [0.29, 0.717) is 11.4 Å². The summed E-state index contributed by atoms with van der Waals surface area (Å²) in [6.07, 6.45) is 8.10. The van der Waals surface area contributed by atoms with Crippen LogP contribution < -0.4 is 15.6 Å². The van der Waals surface area contributed by atoms with Crippen LogP contribution in [-0.4, -0.2) is 43.0 Å². The highest BCUT2D eigenvalue weighted by Crippen LogP contribution is 2.22. The number of pyridine rings is 1. The Bertz CT molecular complexity index is 1280. The largest absolute Gasteiger partial charge is 0.487 e. The van der Waals surface area contributed by atoms with Crippen LogP contribution in [0.1, 0.15) is 5.69 Å². The molecule has 4 aromatic rings. The summed E-state index contributed by atoms with van der Waals surface area (Å²) in [4.78, 5) is 16.6. The van der Waals surface area contributed by atoms with Crippen molar-refractivity contribution in [1.82, 2.24) is 35.2 Å². The van der Waals surface area contributed by atoms with E-state index in [1.165, 1.54) is 23.2 Å². The van der Waals surface area contributed by atoms with E-state index in [1.807, 2.05) is 18.2 Å². The Morgan fingerprint density at radius 1 is 1.30 bits per heavy atom. The lowest BCUT2D eigenvalue weighted by atomic mass is 10.2. The van der Waals surface area contributed by atoms with Crippen molar-refractivity contribution in [3.63, 3.8) is 0 Å². The predicted molar refractivity (Wildman–Crippen MR) is 112 cm³/mol. The van der Waals surface area contributed by atoms with E-state index >= 15 is 0 Å². The summed E-state index contributed by atoms with van der Waals surface area (Å²) >= 11 is 0. The predicted octanol–water partition coefficient (Wildman–Crippen LogP) is 1.63. The molecule has 3 aromatic heterocycles. The zero-order chi connectivity index (χ0) is 20.9. The molecule has 0 aliphatic heterocycles. The fourth-order valence-electron chi connectivity index (χ4n) is 2.72. The zero-order valence-corrected chi connectivity index (χ0v) is 16.1. The standard InChI is InChI=1S/C20H18N8O2/c1-14(11-24-21-2)27-7-5-20(29)19(25-27)13-30-17-3-4-18-15(10-17)9-16(12-22-18)28-8-6-23-26-28/h3-12,21H,1,13H2,2H3/b24-11-. The minimum atomic E-state index is -0.222. The number of allylic oxidation sites excluding steroid dienone is 1. The van der Waals surface area contributed by atoms with E-state index < -0.39 is 0 Å². The van der Waals surface area contributed by atoms with Gasteiger partial charge in [0.15, 0.2) is 0 Å². The molecular weight excluding hydrogens is 384 g/mol. The topological polar surface area (TPSA) is 112 Å².